The van der Waals surface area contributed by atoms with E-state index >= 15 is 0 Å². The predicted octanol–water partition coefficient (Wildman–Crippen LogP) is 4.83. The fourth-order valence-corrected chi connectivity index (χ4v) is 5.63. The van der Waals surface area contributed by atoms with E-state index in [4.69, 9.17) is 4.74 Å². The molecule has 5 rings (SSSR count). The number of rotatable bonds is 5. The fourth-order valence-electron chi connectivity index (χ4n) is 4.64. The number of carbonyl (C=O) groups excluding carboxylic acids is 3. The Balaban J connectivity index is 1.73. The third-order valence-electron chi connectivity index (χ3n) is 6.60. The molecule has 1 amide bonds. The van der Waals surface area contributed by atoms with Gasteiger partial charge < -0.3 is 14.2 Å². The van der Waals surface area contributed by atoms with E-state index < -0.39 is 23.7 Å². The van der Waals surface area contributed by atoms with Crippen LogP contribution in [0.25, 0.3) is 11.4 Å². The molecule has 0 saturated carbocycles. The Morgan fingerprint density at radius 1 is 1.08 bits per heavy atom. The summed E-state index contributed by atoms with van der Waals surface area (Å²) in [5, 5.41) is 11.7. The van der Waals surface area contributed by atoms with Gasteiger partial charge in [0.05, 0.1) is 29.6 Å². The summed E-state index contributed by atoms with van der Waals surface area (Å²) in [6.07, 6.45) is 1.83. The first-order valence-electron chi connectivity index (χ1n) is 12.1. The number of nitrogens with zero attached hydrogens (tertiary/aromatic N) is 4. The maximum Gasteiger partial charge on any atom is 0.350 e. The molecule has 1 fully saturated rings. The summed E-state index contributed by atoms with van der Waals surface area (Å²) in [5.74, 6) is -2.62. The number of imidazole rings is 1. The molecule has 1 N–H and O–H groups in total. The topological polar surface area (TPSA) is 114 Å². The molecule has 1 aromatic carbocycles. The van der Waals surface area contributed by atoms with Crippen LogP contribution in [0, 0.1) is 27.7 Å². The minimum absolute atomic E-state index is 0.0893. The van der Waals surface area contributed by atoms with Gasteiger partial charge in [0, 0.05) is 6.20 Å². The molecular formula is C28H26N4O5S. The smallest absolute Gasteiger partial charge is 0.350 e. The van der Waals surface area contributed by atoms with E-state index in [-0.39, 0.29) is 33.6 Å². The van der Waals surface area contributed by atoms with Gasteiger partial charge in [-0.2, -0.15) is 0 Å². The molecular weight excluding hydrogens is 504 g/mol. The molecule has 9 nitrogen and oxygen atoms in total. The number of anilines is 1. The second-order valence-electron chi connectivity index (χ2n) is 9.14. The summed E-state index contributed by atoms with van der Waals surface area (Å²) in [5.41, 5.74) is 4.29. The van der Waals surface area contributed by atoms with Crippen molar-refractivity contribution >= 4 is 45.5 Å². The molecule has 4 aromatic rings. The molecule has 4 heterocycles. The number of hydrogen-bond acceptors (Lipinski definition) is 8. The van der Waals surface area contributed by atoms with Gasteiger partial charge >= 0.3 is 11.9 Å². The number of aryl methyl sites for hydroxylation is 4. The lowest BCUT2D eigenvalue weighted by Crippen LogP contribution is -2.29. The summed E-state index contributed by atoms with van der Waals surface area (Å²) < 4.78 is 6.96. The predicted molar refractivity (Wildman–Crippen MR) is 143 cm³/mol. The lowest BCUT2D eigenvalue weighted by molar-refractivity contribution is -0.132. The van der Waals surface area contributed by atoms with Crippen LogP contribution in [0.5, 0.6) is 0 Å². The minimum Gasteiger partial charge on any atom is -0.505 e. The maximum absolute atomic E-state index is 13.5. The molecule has 194 valence electrons. The van der Waals surface area contributed by atoms with Gasteiger partial charge in [-0.15, -0.1) is 0 Å². The van der Waals surface area contributed by atoms with Crippen molar-refractivity contribution in [3.63, 3.8) is 0 Å². The SMILES string of the molecule is CCOC(=O)c1sc(N2C(=O)C(=O)/C(=C(/O)c3nc4c(C)cccn4c3C)C2c2ccc(C)cc2)nc1C. The number of amides is 1. The number of esters is 1. The van der Waals surface area contributed by atoms with Gasteiger partial charge in [-0.25, -0.2) is 14.8 Å². The van der Waals surface area contributed by atoms with E-state index in [1.165, 1.54) is 4.90 Å². The number of aliphatic hydroxyl groups excluding tert-OH is 1. The molecule has 38 heavy (non-hydrogen) atoms. The summed E-state index contributed by atoms with van der Waals surface area (Å²) >= 11 is 0.974. The Bertz CT molecular complexity index is 1650. The number of ether oxygens (including phenoxy) is 1. The standard InChI is InChI=1S/C28H26N4O5S/c1-6-37-27(36)24-16(4)29-28(38-24)32-21(18-11-9-14(2)10-12-18)19(23(34)26(32)35)22(33)20-17(5)31-13-7-8-15(3)25(31)30-20/h7-13,21,33H,6H2,1-5H3/b22-19+. The first-order chi connectivity index (χ1) is 18.1. The van der Waals surface area contributed by atoms with Crippen LogP contribution in [-0.4, -0.2) is 43.7 Å². The normalized spacial score (nSPS) is 17.0. The monoisotopic (exact) mass is 530 g/mol. The highest BCUT2D eigenvalue weighted by Gasteiger charge is 2.49. The molecule has 1 unspecified atom stereocenters. The van der Waals surface area contributed by atoms with Crippen molar-refractivity contribution in [1.29, 1.82) is 0 Å². The number of aliphatic hydroxyl groups is 1. The number of aromatic nitrogens is 3. The third kappa shape index (κ3) is 3.97. The first kappa shape index (κ1) is 25.3. The molecule has 1 saturated heterocycles. The first-order valence-corrected chi connectivity index (χ1v) is 12.9. The van der Waals surface area contributed by atoms with Crippen LogP contribution < -0.4 is 4.90 Å². The lowest BCUT2D eigenvalue weighted by atomic mass is 9.96. The number of Topliss-reactive ketones (excluding diaryl/α,β-unsaturated/α-hetero) is 1. The quantitative estimate of drug-likeness (QED) is 0.170. The fraction of sp³-hybridized carbons (Fsp3) is 0.250. The summed E-state index contributed by atoms with van der Waals surface area (Å²) in [6, 6.07) is 10.2. The molecule has 1 aliphatic heterocycles. The van der Waals surface area contributed by atoms with E-state index in [0.29, 0.717) is 22.6 Å². The van der Waals surface area contributed by atoms with Gasteiger partial charge in [-0.05, 0) is 51.8 Å². The maximum atomic E-state index is 13.5. The van der Waals surface area contributed by atoms with Crippen LogP contribution in [0.3, 0.4) is 0 Å². The average Bonchev–Trinajstić information content (AvgIpc) is 3.52. The van der Waals surface area contributed by atoms with E-state index in [1.807, 2.05) is 48.7 Å². The van der Waals surface area contributed by atoms with E-state index in [9.17, 15) is 19.5 Å². The van der Waals surface area contributed by atoms with Crippen molar-refractivity contribution in [1.82, 2.24) is 14.4 Å². The third-order valence-corrected chi connectivity index (χ3v) is 7.73. The zero-order valence-electron chi connectivity index (χ0n) is 21.6. The number of hydrogen-bond donors (Lipinski definition) is 1. The molecule has 0 spiro atoms. The van der Waals surface area contributed by atoms with Crippen molar-refractivity contribution in [2.45, 2.75) is 40.7 Å². The zero-order chi connectivity index (χ0) is 27.3. The number of ketones is 1. The highest BCUT2D eigenvalue weighted by atomic mass is 32.1. The summed E-state index contributed by atoms with van der Waals surface area (Å²) in [7, 11) is 0. The molecule has 0 bridgehead atoms. The molecule has 3 aromatic heterocycles. The Labute approximate surface area is 223 Å². The summed E-state index contributed by atoms with van der Waals surface area (Å²) in [4.78, 5) is 50.0. The molecule has 10 heteroatoms. The Hall–Kier alpha value is -4.31. The molecule has 1 atom stereocenters. The molecule has 0 radical (unpaired) electrons. The van der Waals surface area contributed by atoms with Crippen LogP contribution in [0.15, 0.2) is 48.2 Å². The van der Waals surface area contributed by atoms with Crippen molar-refractivity contribution in [3.8, 4) is 0 Å². The van der Waals surface area contributed by atoms with Crippen LogP contribution in [0.2, 0.25) is 0 Å². The lowest BCUT2D eigenvalue weighted by Gasteiger charge is -2.23. The minimum atomic E-state index is -0.971. The highest BCUT2D eigenvalue weighted by Crippen LogP contribution is 2.44. The van der Waals surface area contributed by atoms with Crippen LogP contribution >= 0.6 is 11.3 Å². The van der Waals surface area contributed by atoms with Gasteiger partial charge in [0.25, 0.3) is 5.78 Å². The molecule has 1 aliphatic rings. The number of fused-ring (bicyclic) bond motifs is 1. The largest absolute Gasteiger partial charge is 0.505 e. The Kier molecular flexibility index (Phi) is 6.36. The van der Waals surface area contributed by atoms with Gasteiger partial charge in [0.15, 0.2) is 10.9 Å². The van der Waals surface area contributed by atoms with Gasteiger partial charge in [0.1, 0.15) is 16.2 Å². The van der Waals surface area contributed by atoms with Gasteiger partial charge in [-0.1, -0.05) is 47.2 Å². The number of thiazole rings is 1. The van der Waals surface area contributed by atoms with Crippen LogP contribution in [-0.2, 0) is 14.3 Å². The van der Waals surface area contributed by atoms with Crippen molar-refractivity contribution < 1.29 is 24.2 Å². The number of carbonyl (C=O) groups is 3. The Morgan fingerprint density at radius 2 is 1.79 bits per heavy atom. The van der Waals surface area contributed by atoms with Crippen molar-refractivity contribution in [3.05, 3.63) is 86.8 Å². The van der Waals surface area contributed by atoms with Gasteiger partial charge in [0.2, 0.25) is 0 Å². The zero-order valence-corrected chi connectivity index (χ0v) is 22.4. The van der Waals surface area contributed by atoms with E-state index in [0.717, 1.165) is 22.5 Å². The molecule has 0 aliphatic carbocycles. The second kappa shape index (κ2) is 9.53. The number of pyridine rings is 1. The Morgan fingerprint density at radius 3 is 2.45 bits per heavy atom. The van der Waals surface area contributed by atoms with Gasteiger partial charge in [-0.3, -0.25) is 14.5 Å². The van der Waals surface area contributed by atoms with Crippen molar-refractivity contribution in [2.75, 3.05) is 11.5 Å². The van der Waals surface area contributed by atoms with E-state index in [1.54, 1.807) is 32.9 Å². The highest BCUT2D eigenvalue weighted by molar-refractivity contribution is 7.17. The van der Waals surface area contributed by atoms with Crippen LogP contribution in [0.1, 0.15) is 56.4 Å². The number of benzene rings is 1. The van der Waals surface area contributed by atoms with Crippen molar-refractivity contribution in [2.24, 2.45) is 0 Å². The van der Waals surface area contributed by atoms with E-state index in [2.05, 4.69) is 9.97 Å². The van der Waals surface area contributed by atoms with Crippen LogP contribution in [0.4, 0.5) is 5.13 Å². The average molecular weight is 531 g/mol. The second-order valence-corrected chi connectivity index (χ2v) is 10.1. The summed E-state index contributed by atoms with van der Waals surface area (Å²) in [6.45, 7) is 9.17.